The molecule has 0 bridgehead atoms. The molecule has 2 aliphatic carbocycles. The fourth-order valence-electron chi connectivity index (χ4n) is 10.8. The summed E-state index contributed by atoms with van der Waals surface area (Å²) in [5, 5.41) is 2.34. The van der Waals surface area contributed by atoms with Crippen LogP contribution in [0.25, 0.3) is 78.1 Å². The van der Waals surface area contributed by atoms with Crippen LogP contribution in [0.4, 0.5) is 0 Å². The van der Waals surface area contributed by atoms with Gasteiger partial charge in [0.25, 0.3) is 0 Å². The van der Waals surface area contributed by atoms with Crippen molar-refractivity contribution in [2.75, 3.05) is 0 Å². The van der Waals surface area contributed by atoms with E-state index in [1.807, 2.05) is 6.07 Å². The number of hydrogen-bond acceptors (Lipinski definition) is 2. The molecule has 9 aromatic carbocycles. The second-order valence-corrected chi connectivity index (χ2v) is 17.2. The largest absolute Gasteiger partial charge is 0.228 e. The van der Waals surface area contributed by atoms with Crippen molar-refractivity contribution in [3.05, 3.63) is 252 Å². The Balaban J connectivity index is 1.06. The van der Waals surface area contributed by atoms with Gasteiger partial charge in [-0.1, -0.05) is 220 Å². The van der Waals surface area contributed by atoms with Gasteiger partial charge in [0.15, 0.2) is 5.82 Å². The summed E-state index contributed by atoms with van der Waals surface area (Å²) in [4.78, 5) is 10.6. The maximum absolute atomic E-state index is 5.35. The Hall–Kier alpha value is -7.68. The Labute approximate surface area is 362 Å². The fraction of sp³-hybridized carbons (Fsp3) is 0.0667. The maximum Gasteiger partial charge on any atom is 0.160 e. The van der Waals surface area contributed by atoms with Gasteiger partial charge in [-0.05, 0) is 89.7 Å². The monoisotopic (exact) mass is 790 g/mol. The molecule has 2 aliphatic rings. The van der Waals surface area contributed by atoms with Gasteiger partial charge < -0.3 is 0 Å². The standard InChI is InChI=1S/C60H42N2/c1-59(2)51-30-16-14-27-46(51)50-37-40(33-36-52(50)59)55-38-56(62-58(61-55)39-19-6-3-7-20-39)47-35-34-45(43-25-12-13-26-44(43)47)48-29-18-32-54-57(48)49-28-15-17-31-53(49)60(54,41-21-8-4-9-22-41)42-23-10-5-11-24-42/h3-38H,1-2H3. The normalized spacial score (nSPS) is 13.9. The van der Waals surface area contributed by atoms with Gasteiger partial charge >= 0.3 is 0 Å². The van der Waals surface area contributed by atoms with Crippen LogP contribution in [0.2, 0.25) is 0 Å². The molecule has 292 valence electrons. The van der Waals surface area contributed by atoms with Crippen molar-refractivity contribution in [2.45, 2.75) is 24.7 Å². The van der Waals surface area contributed by atoms with Gasteiger partial charge in [-0.2, -0.15) is 0 Å². The second-order valence-electron chi connectivity index (χ2n) is 17.2. The summed E-state index contributed by atoms with van der Waals surface area (Å²) in [5.41, 5.74) is 19.8. The summed E-state index contributed by atoms with van der Waals surface area (Å²) in [5.74, 6) is 0.711. The third kappa shape index (κ3) is 5.29. The number of nitrogens with zero attached hydrogens (tertiary/aromatic N) is 2. The van der Waals surface area contributed by atoms with Gasteiger partial charge in [0, 0.05) is 22.1 Å². The fourth-order valence-corrected chi connectivity index (χ4v) is 10.8. The number of aromatic nitrogens is 2. The van der Waals surface area contributed by atoms with E-state index in [9.17, 15) is 0 Å². The first-order valence-electron chi connectivity index (χ1n) is 21.6. The predicted molar refractivity (Wildman–Crippen MR) is 256 cm³/mol. The van der Waals surface area contributed by atoms with Crippen LogP contribution in [0.3, 0.4) is 0 Å². The first-order chi connectivity index (χ1) is 30.5. The van der Waals surface area contributed by atoms with Gasteiger partial charge in [0.05, 0.1) is 16.8 Å². The summed E-state index contributed by atoms with van der Waals surface area (Å²) in [7, 11) is 0. The molecule has 0 unspecified atom stereocenters. The highest BCUT2D eigenvalue weighted by Gasteiger charge is 2.46. The molecule has 62 heavy (non-hydrogen) atoms. The van der Waals surface area contributed by atoms with Crippen molar-refractivity contribution in [3.8, 4) is 67.3 Å². The topological polar surface area (TPSA) is 25.8 Å². The number of benzene rings is 9. The summed E-state index contributed by atoms with van der Waals surface area (Å²) in [6.45, 7) is 4.65. The molecule has 2 nitrogen and oxygen atoms in total. The van der Waals surface area contributed by atoms with Crippen LogP contribution in [0.1, 0.15) is 47.2 Å². The van der Waals surface area contributed by atoms with E-state index in [1.165, 1.54) is 72.1 Å². The number of hydrogen-bond donors (Lipinski definition) is 0. The lowest BCUT2D eigenvalue weighted by Gasteiger charge is -2.34. The molecule has 0 N–H and O–H groups in total. The average Bonchev–Trinajstić information content (AvgIpc) is 3.77. The van der Waals surface area contributed by atoms with Gasteiger partial charge in [0.1, 0.15) is 0 Å². The maximum atomic E-state index is 5.35. The third-order valence-electron chi connectivity index (χ3n) is 13.6. The highest BCUT2D eigenvalue weighted by atomic mass is 14.9. The molecule has 10 aromatic rings. The Morgan fingerprint density at radius 3 is 1.58 bits per heavy atom. The van der Waals surface area contributed by atoms with Crippen molar-refractivity contribution in [1.29, 1.82) is 0 Å². The molecule has 0 saturated heterocycles. The van der Waals surface area contributed by atoms with Gasteiger partial charge in [-0.25, -0.2) is 9.97 Å². The molecule has 1 heterocycles. The third-order valence-corrected chi connectivity index (χ3v) is 13.6. The lowest BCUT2D eigenvalue weighted by Crippen LogP contribution is -2.28. The molecule has 0 fully saturated rings. The van der Waals surface area contributed by atoms with Crippen molar-refractivity contribution in [3.63, 3.8) is 0 Å². The van der Waals surface area contributed by atoms with Crippen LogP contribution in [0.5, 0.6) is 0 Å². The Bertz CT molecular complexity index is 3330. The van der Waals surface area contributed by atoms with E-state index in [4.69, 9.17) is 9.97 Å². The van der Waals surface area contributed by atoms with Crippen LogP contribution >= 0.6 is 0 Å². The number of rotatable bonds is 6. The quantitative estimate of drug-likeness (QED) is 0.168. The lowest BCUT2D eigenvalue weighted by atomic mass is 9.67. The highest BCUT2D eigenvalue weighted by molar-refractivity contribution is 6.08. The zero-order chi connectivity index (χ0) is 41.4. The van der Waals surface area contributed by atoms with E-state index in [0.717, 1.165) is 33.5 Å². The van der Waals surface area contributed by atoms with Gasteiger partial charge in [0.2, 0.25) is 0 Å². The molecule has 0 radical (unpaired) electrons. The Kier molecular flexibility index (Phi) is 8.14. The van der Waals surface area contributed by atoms with E-state index in [1.54, 1.807) is 0 Å². The molecule has 0 aliphatic heterocycles. The minimum absolute atomic E-state index is 0.0668. The van der Waals surface area contributed by atoms with Crippen LogP contribution in [0, 0.1) is 0 Å². The van der Waals surface area contributed by atoms with E-state index in [0.29, 0.717) is 5.82 Å². The van der Waals surface area contributed by atoms with Crippen molar-refractivity contribution >= 4 is 10.8 Å². The average molecular weight is 791 g/mol. The first kappa shape index (κ1) is 36.2. The molecule has 1 aromatic heterocycles. The second kappa shape index (κ2) is 13.9. The summed E-state index contributed by atoms with van der Waals surface area (Å²) >= 11 is 0. The van der Waals surface area contributed by atoms with Crippen LogP contribution in [-0.2, 0) is 10.8 Å². The SMILES string of the molecule is CC1(C)c2ccccc2-c2cc(-c3cc(-c4ccc(-c5cccc6c5-c5ccccc5C6(c5ccccc5)c5ccccc5)c5ccccc45)nc(-c4ccccc4)n3)ccc21. The van der Waals surface area contributed by atoms with E-state index in [-0.39, 0.29) is 5.41 Å². The van der Waals surface area contributed by atoms with Crippen LogP contribution in [0.15, 0.2) is 218 Å². The first-order valence-corrected chi connectivity index (χ1v) is 21.6. The Morgan fingerprint density at radius 2 is 0.855 bits per heavy atom. The van der Waals surface area contributed by atoms with E-state index < -0.39 is 5.41 Å². The lowest BCUT2D eigenvalue weighted by molar-refractivity contribution is 0.660. The Morgan fingerprint density at radius 1 is 0.323 bits per heavy atom. The van der Waals surface area contributed by atoms with Gasteiger partial charge in [-0.15, -0.1) is 0 Å². The zero-order valence-electron chi connectivity index (χ0n) is 34.7. The van der Waals surface area contributed by atoms with Gasteiger partial charge in [-0.3, -0.25) is 0 Å². The molecular weight excluding hydrogens is 749 g/mol. The summed E-state index contributed by atoms with van der Waals surface area (Å²) in [6, 6.07) is 79.7. The minimum Gasteiger partial charge on any atom is -0.228 e. The van der Waals surface area contributed by atoms with Crippen LogP contribution < -0.4 is 0 Å². The minimum atomic E-state index is -0.471. The van der Waals surface area contributed by atoms with E-state index >= 15 is 0 Å². The van der Waals surface area contributed by atoms with Crippen LogP contribution in [-0.4, -0.2) is 9.97 Å². The highest BCUT2D eigenvalue weighted by Crippen LogP contribution is 2.59. The smallest absolute Gasteiger partial charge is 0.160 e. The molecule has 0 atom stereocenters. The molecular formula is C60H42N2. The molecule has 12 rings (SSSR count). The molecule has 0 spiro atoms. The molecule has 2 heteroatoms. The van der Waals surface area contributed by atoms with Crippen molar-refractivity contribution < 1.29 is 0 Å². The zero-order valence-corrected chi connectivity index (χ0v) is 34.7. The molecule has 0 saturated carbocycles. The predicted octanol–water partition coefficient (Wildman–Crippen LogP) is 15.0. The molecule has 0 amide bonds. The number of fused-ring (bicyclic) bond motifs is 7. The summed E-state index contributed by atoms with van der Waals surface area (Å²) < 4.78 is 0. The van der Waals surface area contributed by atoms with Crippen molar-refractivity contribution in [2.24, 2.45) is 0 Å². The van der Waals surface area contributed by atoms with E-state index in [2.05, 4.69) is 226 Å². The summed E-state index contributed by atoms with van der Waals surface area (Å²) in [6.07, 6.45) is 0. The van der Waals surface area contributed by atoms with Crippen molar-refractivity contribution in [1.82, 2.24) is 9.97 Å².